The van der Waals surface area contributed by atoms with E-state index in [1.165, 1.54) is 6.26 Å². The molecule has 1 aliphatic rings. The Morgan fingerprint density at radius 1 is 1.18 bits per heavy atom. The fourth-order valence-corrected chi connectivity index (χ4v) is 6.29. The number of hydrogen-bond donors (Lipinski definition) is 0. The number of fused-ring (bicyclic) bond motifs is 3. The van der Waals surface area contributed by atoms with Crippen molar-refractivity contribution < 1.29 is 8.42 Å². The Bertz CT molecular complexity index is 1140. The first-order valence-corrected chi connectivity index (χ1v) is 12.1. The minimum Gasteiger partial charge on any atom is -0.322 e. The van der Waals surface area contributed by atoms with Gasteiger partial charge in [-0.25, -0.2) is 13.4 Å². The van der Waals surface area contributed by atoms with E-state index < -0.39 is 9.84 Å². The van der Waals surface area contributed by atoms with E-state index >= 15 is 0 Å². The summed E-state index contributed by atoms with van der Waals surface area (Å²) in [6.07, 6.45) is 7.16. The van der Waals surface area contributed by atoms with Crippen LogP contribution in [0.1, 0.15) is 45.4 Å². The molecule has 1 saturated carbocycles. The highest BCUT2D eigenvalue weighted by Crippen LogP contribution is 2.42. The summed E-state index contributed by atoms with van der Waals surface area (Å²) in [4.78, 5) is 9.39. The maximum absolute atomic E-state index is 11.9. The Labute approximate surface area is 167 Å². The lowest BCUT2D eigenvalue weighted by atomic mass is 9.91. The second kappa shape index (κ2) is 6.83. The van der Waals surface area contributed by atoms with Gasteiger partial charge in [-0.2, -0.15) is 0 Å². The summed E-state index contributed by atoms with van der Waals surface area (Å²) in [6.45, 7) is 6.59. The van der Waals surface area contributed by atoms with Crippen molar-refractivity contribution >= 4 is 31.8 Å². The first-order chi connectivity index (χ1) is 13.2. The van der Waals surface area contributed by atoms with Gasteiger partial charge >= 0.3 is 0 Å². The van der Waals surface area contributed by atoms with Gasteiger partial charge in [-0.3, -0.25) is 4.98 Å². The monoisotopic (exact) mass is 399 g/mol. The van der Waals surface area contributed by atoms with E-state index in [9.17, 15) is 8.42 Å². The number of aryl methyl sites for hydroxylation is 1. The van der Waals surface area contributed by atoms with Crippen molar-refractivity contribution in [1.82, 2.24) is 14.5 Å². The van der Waals surface area contributed by atoms with Gasteiger partial charge in [-0.1, -0.05) is 25.1 Å². The molecule has 1 aliphatic carbocycles. The van der Waals surface area contributed by atoms with E-state index in [1.807, 2.05) is 18.3 Å². The van der Waals surface area contributed by atoms with Gasteiger partial charge in [0.2, 0.25) is 0 Å². The van der Waals surface area contributed by atoms with Gasteiger partial charge in [-0.05, 0) is 57.4 Å². The third-order valence-electron chi connectivity index (χ3n) is 6.61. The fraction of sp³-hybridized carbons (Fsp3) is 0.545. The zero-order chi connectivity index (χ0) is 20.1. The fourth-order valence-electron chi connectivity index (χ4n) is 5.02. The smallest absolute Gasteiger partial charge is 0.147 e. The summed E-state index contributed by atoms with van der Waals surface area (Å²) in [5.41, 5.74) is 2.99. The molecule has 0 N–H and O–H groups in total. The average molecular weight is 400 g/mol. The van der Waals surface area contributed by atoms with Crippen LogP contribution in [0.2, 0.25) is 0 Å². The molecule has 6 heteroatoms. The molecule has 3 unspecified atom stereocenters. The van der Waals surface area contributed by atoms with Gasteiger partial charge in [-0.15, -0.1) is 0 Å². The topological polar surface area (TPSA) is 64.8 Å². The van der Waals surface area contributed by atoms with E-state index in [4.69, 9.17) is 4.98 Å². The van der Waals surface area contributed by atoms with Crippen LogP contribution in [0.25, 0.3) is 21.9 Å². The standard InChI is InChI=1S/C22H29N3O2S/c1-15-9-11-22(3,12-10-17(15)14-28(4,26)27)25-16(2)24-20-13-23-19-8-6-5-7-18(19)21(20)25/h5-8,13,15,17H,9-12,14H2,1-4H3. The second-order valence-corrected chi connectivity index (χ2v) is 11.1. The van der Waals surface area contributed by atoms with Gasteiger partial charge in [0.25, 0.3) is 0 Å². The van der Waals surface area contributed by atoms with Gasteiger partial charge in [0.1, 0.15) is 21.2 Å². The number of aromatic nitrogens is 3. The van der Waals surface area contributed by atoms with Crippen LogP contribution in [0.5, 0.6) is 0 Å². The number of imidazole rings is 1. The maximum atomic E-state index is 11.9. The molecule has 2 heterocycles. The van der Waals surface area contributed by atoms with Crippen molar-refractivity contribution in [2.45, 2.75) is 52.0 Å². The first kappa shape index (κ1) is 19.4. The molecular formula is C22H29N3O2S. The molecule has 0 aliphatic heterocycles. The van der Waals surface area contributed by atoms with E-state index in [2.05, 4.69) is 42.5 Å². The molecule has 1 aromatic carbocycles. The van der Waals surface area contributed by atoms with Crippen LogP contribution in [0, 0.1) is 18.8 Å². The van der Waals surface area contributed by atoms with Crippen LogP contribution in [0.4, 0.5) is 0 Å². The number of para-hydroxylation sites is 1. The van der Waals surface area contributed by atoms with Crippen molar-refractivity contribution in [2.75, 3.05) is 12.0 Å². The molecule has 2 aromatic heterocycles. The van der Waals surface area contributed by atoms with Gasteiger partial charge in [0.15, 0.2) is 0 Å². The van der Waals surface area contributed by atoms with Crippen molar-refractivity contribution in [2.24, 2.45) is 11.8 Å². The average Bonchev–Trinajstić information content (AvgIpc) is 2.92. The molecule has 0 saturated heterocycles. The first-order valence-electron chi connectivity index (χ1n) is 10.1. The second-order valence-electron chi connectivity index (χ2n) is 8.91. The summed E-state index contributed by atoms with van der Waals surface area (Å²) in [5, 5.41) is 1.13. The van der Waals surface area contributed by atoms with Gasteiger partial charge in [0, 0.05) is 17.2 Å². The van der Waals surface area contributed by atoms with Crippen molar-refractivity contribution in [3.8, 4) is 0 Å². The van der Waals surface area contributed by atoms with Crippen LogP contribution in [0.15, 0.2) is 30.5 Å². The quantitative estimate of drug-likeness (QED) is 0.609. The highest BCUT2D eigenvalue weighted by Gasteiger charge is 2.36. The molecular weight excluding hydrogens is 370 g/mol. The van der Waals surface area contributed by atoms with Crippen molar-refractivity contribution in [3.05, 3.63) is 36.3 Å². The van der Waals surface area contributed by atoms with E-state index in [0.29, 0.717) is 11.7 Å². The van der Waals surface area contributed by atoms with Crippen LogP contribution in [-0.4, -0.2) is 35.0 Å². The number of rotatable bonds is 3. The summed E-state index contributed by atoms with van der Waals surface area (Å²) in [6, 6.07) is 8.23. The summed E-state index contributed by atoms with van der Waals surface area (Å²) in [7, 11) is -2.96. The van der Waals surface area contributed by atoms with E-state index in [-0.39, 0.29) is 11.5 Å². The molecule has 28 heavy (non-hydrogen) atoms. The summed E-state index contributed by atoms with van der Waals surface area (Å²) >= 11 is 0. The van der Waals surface area contributed by atoms with Crippen LogP contribution in [0.3, 0.4) is 0 Å². The number of nitrogens with zero attached hydrogens (tertiary/aromatic N) is 3. The van der Waals surface area contributed by atoms with E-state index in [1.54, 1.807) is 0 Å². The zero-order valence-corrected chi connectivity index (χ0v) is 18.0. The highest BCUT2D eigenvalue weighted by atomic mass is 32.2. The Morgan fingerprint density at radius 3 is 2.64 bits per heavy atom. The SMILES string of the molecule is Cc1nc2cnc3ccccc3c2n1C1(C)CCC(C)C(CS(C)(=O)=O)CC1. The molecule has 3 atom stereocenters. The van der Waals surface area contributed by atoms with Crippen LogP contribution >= 0.6 is 0 Å². The van der Waals surface area contributed by atoms with Crippen LogP contribution < -0.4 is 0 Å². The third-order valence-corrected chi connectivity index (χ3v) is 7.64. The zero-order valence-electron chi connectivity index (χ0n) is 17.1. The Balaban J connectivity index is 1.81. The number of sulfone groups is 1. The number of pyridine rings is 1. The van der Waals surface area contributed by atoms with Crippen molar-refractivity contribution in [3.63, 3.8) is 0 Å². The molecule has 0 radical (unpaired) electrons. The molecule has 1 fully saturated rings. The summed E-state index contributed by atoms with van der Waals surface area (Å²) in [5.74, 6) is 1.93. The molecule has 3 aromatic rings. The van der Waals surface area contributed by atoms with E-state index in [0.717, 1.165) is 53.4 Å². The number of hydrogen-bond acceptors (Lipinski definition) is 4. The molecule has 4 rings (SSSR count). The predicted octanol–water partition coefficient (Wildman–Crippen LogP) is 4.48. The van der Waals surface area contributed by atoms with Gasteiger partial charge in [0.05, 0.1) is 23.0 Å². The Kier molecular flexibility index (Phi) is 4.73. The lowest BCUT2D eigenvalue weighted by Gasteiger charge is -2.32. The molecule has 0 amide bonds. The third kappa shape index (κ3) is 3.43. The molecule has 5 nitrogen and oxygen atoms in total. The van der Waals surface area contributed by atoms with Gasteiger partial charge < -0.3 is 4.57 Å². The largest absolute Gasteiger partial charge is 0.322 e. The minimum absolute atomic E-state index is 0.0799. The lowest BCUT2D eigenvalue weighted by molar-refractivity contribution is 0.274. The van der Waals surface area contributed by atoms with Crippen molar-refractivity contribution in [1.29, 1.82) is 0 Å². The summed E-state index contributed by atoms with van der Waals surface area (Å²) < 4.78 is 26.2. The molecule has 150 valence electrons. The lowest BCUT2D eigenvalue weighted by Crippen LogP contribution is -2.30. The Morgan fingerprint density at radius 2 is 1.89 bits per heavy atom. The molecule has 0 bridgehead atoms. The normalized spacial score (nSPS) is 26.6. The minimum atomic E-state index is -2.96. The molecule has 0 spiro atoms. The highest BCUT2D eigenvalue weighted by molar-refractivity contribution is 7.90. The Hall–Kier alpha value is -1.95. The predicted molar refractivity (Wildman–Crippen MR) is 114 cm³/mol. The number of benzene rings is 1. The maximum Gasteiger partial charge on any atom is 0.147 e. The van der Waals surface area contributed by atoms with Crippen LogP contribution in [-0.2, 0) is 15.4 Å².